The van der Waals surface area contributed by atoms with Crippen LogP contribution in [0.4, 0.5) is 0 Å². The van der Waals surface area contributed by atoms with Crippen molar-refractivity contribution in [3.8, 4) is 17.0 Å². The van der Waals surface area contributed by atoms with Crippen LogP contribution in [0.3, 0.4) is 0 Å². The van der Waals surface area contributed by atoms with Crippen molar-refractivity contribution < 1.29 is 14.3 Å². The van der Waals surface area contributed by atoms with Crippen molar-refractivity contribution in [3.05, 3.63) is 65.9 Å². The summed E-state index contributed by atoms with van der Waals surface area (Å²) in [5.41, 5.74) is 2.61. The highest BCUT2D eigenvalue weighted by Gasteiger charge is 2.29. The number of imidazole rings is 1. The molecule has 2 amide bonds. The first-order chi connectivity index (χ1) is 15.6. The Morgan fingerprint density at radius 3 is 2.72 bits per heavy atom. The fourth-order valence-corrected chi connectivity index (χ4v) is 4.03. The highest BCUT2D eigenvalue weighted by Crippen LogP contribution is 2.30. The highest BCUT2D eigenvalue weighted by molar-refractivity contribution is 5.98. The van der Waals surface area contributed by atoms with E-state index in [1.54, 1.807) is 20.4 Å². The van der Waals surface area contributed by atoms with Crippen LogP contribution in [-0.4, -0.2) is 58.9 Å². The molecule has 1 fully saturated rings. The first kappa shape index (κ1) is 21.5. The number of piperidine rings is 1. The maximum Gasteiger partial charge on any atom is 0.269 e. The second-order valence-electron chi connectivity index (χ2n) is 7.83. The van der Waals surface area contributed by atoms with E-state index < -0.39 is 0 Å². The average Bonchev–Trinajstić information content (AvgIpc) is 3.30. The van der Waals surface area contributed by atoms with Crippen molar-refractivity contribution >= 4 is 11.8 Å². The molecule has 8 heteroatoms. The zero-order chi connectivity index (χ0) is 22.5. The maximum atomic E-state index is 12.8. The molecule has 4 rings (SSSR count). The molecule has 0 bridgehead atoms. The molecule has 1 atom stereocenters. The number of pyridine rings is 1. The average molecular weight is 434 g/mol. The lowest BCUT2D eigenvalue weighted by Crippen LogP contribution is -2.40. The largest absolute Gasteiger partial charge is 0.497 e. The van der Waals surface area contributed by atoms with E-state index >= 15 is 0 Å². The van der Waals surface area contributed by atoms with Crippen molar-refractivity contribution in [2.24, 2.45) is 0 Å². The molecule has 1 aliphatic heterocycles. The quantitative estimate of drug-likeness (QED) is 0.623. The predicted octanol–water partition coefficient (Wildman–Crippen LogP) is 2.79. The van der Waals surface area contributed by atoms with Crippen molar-refractivity contribution in [1.82, 2.24) is 25.2 Å². The number of benzene rings is 1. The second kappa shape index (κ2) is 9.64. The number of nitrogens with zero attached hydrogens (tertiary/aromatic N) is 3. The first-order valence-corrected chi connectivity index (χ1v) is 10.7. The topological polar surface area (TPSA) is 100 Å². The molecule has 1 aromatic carbocycles. The van der Waals surface area contributed by atoms with Crippen LogP contribution in [0.2, 0.25) is 0 Å². The Morgan fingerprint density at radius 1 is 1.22 bits per heavy atom. The number of carbonyl (C=O) groups is 2. The van der Waals surface area contributed by atoms with Crippen LogP contribution in [0.1, 0.15) is 40.8 Å². The number of H-pyrrole nitrogens is 1. The fourth-order valence-electron chi connectivity index (χ4n) is 4.03. The van der Waals surface area contributed by atoms with Gasteiger partial charge >= 0.3 is 0 Å². The lowest BCUT2D eigenvalue weighted by molar-refractivity contribution is -0.131. The normalized spacial score (nSPS) is 15.9. The lowest BCUT2D eigenvalue weighted by atomic mass is 9.97. The van der Waals surface area contributed by atoms with E-state index in [2.05, 4.69) is 15.3 Å². The van der Waals surface area contributed by atoms with Gasteiger partial charge in [-0.05, 0) is 49.2 Å². The summed E-state index contributed by atoms with van der Waals surface area (Å²) in [6, 6.07) is 13.0. The van der Waals surface area contributed by atoms with Gasteiger partial charge in [0.25, 0.3) is 5.91 Å². The Bertz CT molecular complexity index is 1080. The van der Waals surface area contributed by atoms with Gasteiger partial charge in [0.2, 0.25) is 5.91 Å². The van der Waals surface area contributed by atoms with E-state index in [0.29, 0.717) is 17.9 Å². The number of aromatic amines is 1. The summed E-state index contributed by atoms with van der Waals surface area (Å²) in [6.45, 7) is 1.28. The summed E-state index contributed by atoms with van der Waals surface area (Å²) in [7, 11) is 3.21. The van der Waals surface area contributed by atoms with E-state index in [-0.39, 0.29) is 24.2 Å². The van der Waals surface area contributed by atoms with Crippen molar-refractivity contribution in [2.75, 3.05) is 27.2 Å². The Labute approximate surface area is 187 Å². The van der Waals surface area contributed by atoms with Crippen molar-refractivity contribution in [3.63, 3.8) is 0 Å². The molecule has 0 aliphatic carbocycles. The molecule has 2 aromatic heterocycles. The van der Waals surface area contributed by atoms with Gasteiger partial charge in [-0.1, -0.05) is 6.07 Å². The van der Waals surface area contributed by atoms with E-state index in [1.165, 1.54) is 0 Å². The number of carbonyl (C=O) groups excluding carboxylic acids is 2. The van der Waals surface area contributed by atoms with Gasteiger partial charge in [0.1, 0.15) is 23.0 Å². The SMILES string of the molecule is CNC(=O)c1[nH]c([C@@H]2CCCN(C(=O)Cc3ccccn3)C2)nc1-c1ccc(OC)cc1. The minimum Gasteiger partial charge on any atom is -0.497 e. The van der Waals surface area contributed by atoms with Gasteiger partial charge in [-0.25, -0.2) is 4.98 Å². The molecule has 0 radical (unpaired) electrons. The van der Waals surface area contributed by atoms with Crippen LogP contribution >= 0.6 is 0 Å². The molecule has 1 aliphatic rings. The van der Waals surface area contributed by atoms with Gasteiger partial charge in [-0.15, -0.1) is 0 Å². The summed E-state index contributed by atoms with van der Waals surface area (Å²) in [5, 5.41) is 2.68. The smallest absolute Gasteiger partial charge is 0.269 e. The molecule has 0 spiro atoms. The zero-order valence-electron chi connectivity index (χ0n) is 18.3. The minimum absolute atomic E-state index is 0.0341. The summed E-state index contributed by atoms with van der Waals surface area (Å²) in [6.07, 6.45) is 3.76. The molecular formula is C24H27N5O3. The first-order valence-electron chi connectivity index (χ1n) is 10.7. The molecule has 1 saturated heterocycles. The van der Waals surface area contributed by atoms with Crippen LogP contribution in [0.25, 0.3) is 11.3 Å². The van der Waals surface area contributed by atoms with Crippen LogP contribution in [0.15, 0.2) is 48.7 Å². The van der Waals surface area contributed by atoms with Crippen LogP contribution in [0.5, 0.6) is 5.75 Å². The summed E-state index contributed by atoms with van der Waals surface area (Å²) >= 11 is 0. The molecule has 3 heterocycles. The number of hydrogen-bond donors (Lipinski definition) is 2. The second-order valence-corrected chi connectivity index (χ2v) is 7.83. The monoisotopic (exact) mass is 433 g/mol. The van der Waals surface area contributed by atoms with Crippen molar-refractivity contribution in [1.29, 1.82) is 0 Å². The molecule has 3 aromatic rings. The molecule has 2 N–H and O–H groups in total. The molecule has 166 valence electrons. The molecule has 32 heavy (non-hydrogen) atoms. The summed E-state index contributed by atoms with van der Waals surface area (Å²) in [4.78, 5) is 39.5. The number of rotatable bonds is 6. The maximum absolute atomic E-state index is 12.8. The van der Waals surface area contributed by atoms with E-state index in [0.717, 1.165) is 42.2 Å². The third-order valence-electron chi connectivity index (χ3n) is 5.76. The Balaban J connectivity index is 1.56. The number of methoxy groups -OCH3 is 1. The molecule has 0 saturated carbocycles. The number of amides is 2. The standard InChI is InChI=1S/C24H27N5O3/c1-25-24(31)22-21(16-8-10-19(32-2)11-9-16)27-23(28-22)17-6-5-13-29(15-17)20(30)14-18-7-3-4-12-26-18/h3-4,7-12,17H,5-6,13-15H2,1-2H3,(H,25,31)(H,27,28)/t17-/m1/s1. The number of aromatic nitrogens is 3. The van der Waals surface area contributed by atoms with E-state index in [1.807, 2.05) is 47.4 Å². The Kier molecular flexibility index (Phi) is 6.49. The van der Waals surface area contributed by atoms with Gasteiger partial charge in [-0.2, -0.15) is 0 Å². The predicted molar refractivity (Wildman–Crippen MR) is 120 cm³/mol. The van der Waals surface area contributed by atoms with Gasteiger partial charge in [-0.3, -0.25) is 14.6 Å². The number of likely N-dealkylation sites (tertiary alicyclic amines) is 1. The van der Waals surface area contributed by atoms with Crippen LogP contribution < -0.4 is 10.1 Å². The van der Waals surface area contributed by atoms with Crippen LogP contribution in [0, 0.1) is 0 Å². The third kappa shape index (κ3) is 4.64. The number of nitrogens with one attached hydrogen (secondary N) is 2. The van der Waals surface area contributed by atoms with Crippen LogP contribution in [-0.2, 0) is 11.2 Å². The summed E-state index contributed by atoms with van der Waals surface area (Å²) in [5.74, 6) is 1.33. The zero-order valence-corrected chi connectivity index (χ0v) is 18.3. The van der Waals surface area contributed by atoms with Gasteiger partial charge in [0.15, 0.2) is 0 Å². The Hall–Kier alpha value is -3.68. The molecular weight excluding hydrogens is 406 g/mol. The summed E-state index contributed by atoms with van der Waals surface area (Å²) < 4.78 is 5.23. The number of ether oxygens (including phenoxy) is 1. The van der Waals surface area contributed by atoms with E-state index in [4.69, 9.17) is 9.72 Å². The number of hydrogen-bond acceptors (Lipinski definition) is 5. The molecule has 8 nitrogen and oxygen atoms in total. The minimum atomic E-state index is -0.228. The molecule has 0 unspecified atom stereocenters. The van der Waals surface area contributed by atoms with Gasteiger partial charge < -0.3 is 19.9 Å². The Morgan fingerprint density at radius 2 is 2.03 bits per heavy atom. The van der Waals surface area contributed by atoms with Crippen molar-refractivity contribution in [2.45, 2.75) is 25.2 Å². The van der Waals surface area contributed by atoms with Gasteiger partial charge in [0.05, 0.1) is 13.5 Å². The fraction of sp³-hybridized carbons (Fsp3) is 0.333. The highest BCUT2D eigenvalue weighted by atomic mass is 16.5. The third-order valence-corrected chi connectivity index (χ3v) is 5.76. The lowest BCUT2D eigenvalue weighted by Gasteiger charge is -2.32. The van der Waals surface area contributed by atoms with E-state index in [9.17, 15) is 9.59 Å². The van der Waals surface area contributed by atoms with Gasteiger partial charge in [0, 0.05) is 43.5 Å².